The molecule has 0 fully saturated rings. The average molecular weight is 507 g/mol. The van der Waals surface area contributed by atoms with E-state index >= 15 is 0 Å². The molecule has 0 amide bonds. The van der Waals surface area contributed by atoms with Crippen LogP contribution in [-0.4, -0.2) is 4.21 Å². The summed E-state index contributed by atoms with van der Waals surface area (Å²) in [5.41, 5.74) is 5.86. The van der Waals surface area contributed by atoms with Gasteiger partial charge >= 0.3 is 174 Å². The van der Waals surface area contributed by atoms with Crippen LogP contribution < -0.4 is 28.1 Å². The van der Waals surface area contributed by atoms with Gasteiger partial charge in [0, 0.05) is 0 Å². The molecule has 6 rings (SSSR count). The first-order chi connectivity index (χ1) is 13.8. The zero-order valence-corrected chi connectivity index (χ0v) is 20.4. The largest absolute Gasteiger partial charge is 1.00 e. The topological polar surface area (TPSA) is 0 Å². The van der Waals surface area contributed by atoms with Crippen LogP contribution in [0.2, 0.25) is 3.63 Å². The molecule has 3 heteroatoms. The zero-order valence-electron chi connectivity index (χ0n) is 16.4. The molecule has 4 aromatic rings. The van der Waals surface area contributed by atoms with Crippen LogP contribution in [0.15, 0.2) is 91.0 Å². The van der Waals surface area contributed by atoms with Gasteiger partial charge in [-0.05, 0) is 0 Å². The van der Waals surface area contributed by atoms with Gasteiger partial charge in [-0.2, -0.15) is 0 Å². The van der Waals surface area contributed by atoms with Crippen LogP contribution >= 0.6 is 0 Å². The first-order valence-electron chi connectivity index (χ1n) is 9.91. The van der Waals surface area contributed by atoms with Crippen molar-refractivity contribution in [1.82, 2.24) is 0 Å². The molecular formula is C27H20Cl2Zr. The molecule has 0 N–H and O–H groups in total. The van der Waals surface area contributed by atoms with E-state index in [-0.39, 0.29) is 24.8 Å². The Labute approximate surface area is 197 Å². The molecule has 2 aliphatic rings. The van der Waals surface area contributed by atoms with Gasteiger partial charge in [-0.1, -0.05) is 0 Å². The van der Waals surface area contributed by atoms with Crippen LogP contribution in [0.3, 0.4) is 0 Å². The van der Waals surface area contributed by atoms with Crippen molar-refractivity contribution in [2.24, 2.45) is 0 Å². The minimum absolute atomic E-state index is 0. The summed E-state index contributed by atoms with van der Waals surface area (Å²) in [5, 5.41) is 5.68. The number of benzene rings is 4. The Bertz CT molecular complexity index is 1350. The summed E-state index contributed by atoms with van der Waals surface area (Å²) >= 11 is -2.07. The molecular weight excluding hydrogens is 486 g/mol. The summed E-state index contributed by atoms with van der Waals surface area (Å²) in [5.74, 6) is 0. The third kappa shape index (κ3) is 3.11. The molecule has 0 unspecified atom stereocenters. The van der Waals surface area contributed by atoms with Crippen molar-refractivity contribution in [3.05, 3.63) is 102 Å². The van der Waals surface area contributed by atoms with Crippen LogP contribution in [0.25, 0.3) is 32.7 Å². The van der Waals surface area contributed by atoms with E-state index in [2.05, 4.69) is 91.0 Å². The van der Waals surface area contributed by atoms with Crippen LogP contribution in [-0.2, 0) is 27.7 Å². The SMILES string of the molecule is [CH2]=[Zr+2]([c]1cccc2c1c1c(c3ccccc32)-c2ccccc2C1)[CH]1C=CC=C1.[Cl-].[Cl-]. The molecule has 0 spiro atoms. The number of hydrogen-bond donors (Lipinski definition) is 0. The van der Waals surface area contributed by atoms with E-state index in [4.69, 9.17) is 4.21 Å². The van der Waals surface area contributed by atoms with Crippen LogP contribution in [0.5, 0.6) is 0 Å². The second-order valence-electron chi connectivity index (χ2n) is 7.78. The molecule has 0 nitrogen and oxygen atoms in total. The molecule has 0 radical (unpaired) electrons. The quantitative estimate of drug-likeness (QED) is 0.300. The first kappa shape index (κ1) is 21.4. The molecule has 0 saturated heterocycles. The van der Waals surface area contributed by atoms with Crippen LogP contribution in [0, 0.1) is 0 Å². The Morgan fingerprint density at radius 2 is 1.40 bits per heavy atom. The number of fused-ring (bicyclic) bond motifs is 8. The van der Waals surface area contributed by atoms with Crippen molar-refractivity contribution in [1.29, 1.82) is 0 Å². The smallest absolute Gasteiger partial charge is 1.00 e. The van der Waals surface area contributed by atoms with Crippen molar-refractivity contribution in [2.75, 3.05) is 0 Å². The maximum Gasteiger partial charge on any atom is -1.00 e. The summed E-state index contributed by atoms with van der Waals surface area (Å²) in [7, 11) is 0. The Hall–Kier alpha value is -1.79. The fourth-order valence-electron chi connectivity index (χ4n) is 5.03. The molecule has 2 aliphatic carbocycles. The van der Waals surface area contributed by atoms with Gasteiger partial charge in [-0.3, -0.25) is 0 Å². The minimum atomic E-state index is -2.07. The average Bonchev–Trinajstić information content (AvgIpc) is 3.41. The van der Waals surface area contributed by atoms with Gasteiger partial charge in [0.15, 0.2) is 0 Å². The molecule has 0 bridgehead atoms. The van der Waals surface area contributed by atoms with E-state index < -0.39 is 21.3 Å². The van der Waals surface area contributed by atoms with Gasteiger partial charge in [0.1, 0.15) is 0 Å². The van der Waals surface area contributed by atoms with Crippen molar-refractivity contribution in [3.8, 4) is 11.1 Å². The van der Waals surface area contributed by atoms with Crippen LogP contribution in [0.4, 0.5) is 0 Å². The summed E-state index contributed by atoms with van der Waals surface area (Å²) < 4.78 is 6.92. The number of allylic oxidation sites excluding steroid dienone is 4. The zero-order chi connectivity index (χ0) is 18.7. The van der Waals surface area contributed by atoms with Gasteiger partial charge in [-0.25, -0.2) is 0 Å². The second-order valence-corrected chi connectivity index (χ2v) is 13.3. The number of halogens is 2. The van der Waals surface area contributed by atoms with E-state index in [1.165, 1.54) is 43.8 Å². The summed E-state index contributed by atoms with van der Waals surface area (Å²) in [6.07, 6.45) is 10.1. The van der Waals surface area contributed by atoms with Gasteiger partial charge in [-0.15, -0.1) is 0 Å². The molecule has 30 heavy (non-hydrogen) atoms. The minimum Gasteiger partial charge on any atom is -1.00 e. The Kier molecular flexibility index (Phi) is 6.00. The third-order valence-electron chi connectivity index (χ3n) is 6.30. The van der Waals surface area contributed by atoms with Crippen molar-refractivity contribution in [3.63, 3.8) is 0 Å². The van der Waals surface area contributed by atoms with E-state index in [1.54, 1.807) is 3.27 Å². The normalized spacial score (nSPS) is 13.4. The summed E-state index contributed by atoms with van der Waals surface area (Å²) in [4.78, 5) is 0. The molecule has 0 aliphatic heterocycles. The van der Waals surface area contributed by atoms with E-state index in [1.807, 2.05) is 0 Å². The monoisotopic (exact) mass is 504 g/mol. The predicted molar refractivity (Wildman–Crippen MR) is 118 cm³/mol. The van der Waals surface area contributed by atoms with Crippen molar-refractivity contribution >= 4 is 29.0 Å². The number of hydrogen-bond acceptors (Lipinski definition) is 0. The van der Waals surface area contributed by atoms with E-state index in [0.29, 0.717) is 3.63 Å². The first-order valence-corrected chi connectivity index (χ1v) is 14.3. The Morgan fingerprint density at radius 3 is 2.20 bits per heavy atom. The van der Waals surface area contributed by atoms with E-state index in [9.17, 15) is 0 Å². The molecule has 146 valence electrons. The standard InChI is InChI=1S/C21H13.C5H5.CH2.2ClH.Zr/c1-2-8-15-14(7-1)13-20-18-11-4-3-9-16(18)17-10-5-6-12-19(17)21(15)20;1-2-4-5-3-1;;;;/h1-10,12H,13H2;1-5H;1H2;2*1H;/q;;;;;+2/p-2. The summed E-state index contributed by atoms with van der Waals surface area (Å²) in [6.45, 7) is 0. The van der Waals surface area contributed by atoms with Crippen molar-refractivity contribution in [2.45, 2.75) is 10.0 Å². The van der Waals surface area contributed by atoms with Gasteiger partial charge in [0.25, 0.3) is 0 Å². The molecule has 0 heterocycles. The van der Waals surface area contributed by atoms with Gasteiger partial charge < -0.3 is 24.8 Å². The third-order valence-corrected chi connectivity index (χ3v) is 12.0. The number of rotatable bonds is 2. The Morgan fingerprint density at radius 1 is 0.733 bits per heavy atom. The molecule has 0 saturated carbocycles. The fraction of sp³-hybridized carbons (Fsp3) is 0.0741. The second kappa shape index (κ2) is 8.39. The molecule has 4 aromatic carbocycles. The maximum atomic E-state index is 4.79. The predicted octanol–water partition coefficient (Wildman–Crippen LogP) is 0.162. The maximum absolute atomic E-state index is 4.79. The fourth-order valence-corrected chi connectivity index (χ4v) is 9.85. The van der Waals surface area contributed by atoms with Gasteiger partial charge in [0.2, 0.25) is 0 Å². The molecule has 0 aromatic heterocycles. The Balaban J connectivity index is 0.00000109. The van der Waals surface area contributed by atoms with Crippen molar-refractivity contribution < 1.29 is 46.1 Å². The van der Waals surface area contributed by atoms with Gasteiger partial charge in [0.05, 0.1) is 0 Å². The molecule has 0 atom stereocenters. The van der Waals surface area contributed by atoms with E-state index in [0.717, 1.165) is 6.42 Å². The van der Waals surface area contributed by atoms with Crippen LogP contribution in [0.1, 0.15) is 11.1 Å². The summed E-state index contributed by atoms with van der Waals surface area (Å²) in [6, 6.07) is 24.8.